The van der Waals surface area contributed by atoms with Crippen molar-refractivity contribution in [1.82, 2.24) is 15.0 Å². The van der Waals surface area contributed by atoms with E-state index in [2.05, 4.69) is 15.0 Å². The van der Waals surface area contributed by atoms with Gasteiger partial charge in [-0.2, -0.15) is 0 Å². The molecule has 5 heteroatoms. The first-order valence-corrected chi connectivity index (χ1v) is 5.37. The second-order valence-electron chi connectivity index (χ2n) is 3.90. The number of oxazole rings is 1. The molecule has 0 radical (unpaired) electrons. The summed E-state index contributed by atoms with van der Waals surface area (Å²) in [5.74, 6) is 0.787. The third-order valence-corrected chi connectivity index (χ3v) is 2.73. The Hall–Kier alpha value is -2.14. The topological polar surface area (TPSA) is 80.7 Å². The van der Waals surface area contributed by atoms with E-state index in [9.17, 15) is 0 Å². The second kappa shape index (κ2) is 3.71. The lowest BCUT2D eigenvalue weighted by molar-refractivity contribution is 0.602. The summed E-state index contributed by atoms with van der Waals surface area (Å²) in [7, 11) is 0. The minimum absolute atomic E-state index is 0.408. The van der Waals surface area contributed by atoms with Crippen LogP contribution in [0.4, 0.5) is 0 Å². The molecular weight excluding hydrogens is 216 g/mol. The molecule has 0 bridgehead atoms. The van der Waals surface area contributed by atoms with Crippen molar-refractivity contribution in [3.8, 4) is 11.3 Å². The number of H-pyrrole nitrogens is 1. The summed E-state index contributed by atoms with van der Waals surface area (Å²) >= 11 is 0. The van der Waals surface area contributed by atoms with E-state index in [-0.39, 0.29) is 0 Å². The maximum absolute atomic E-state index is 5.56. The number of imidazole rings is 1. The fourth-order valence-electron chi connectivity index (χ4n) is 1.90. The summed E-state index contributed by atoms with van der Waals surface area (Å²) < 4.78 is 5.28. The molecule has 17 heavy (non-hydrogen) atoms. The molecule has 0 aliphatic heterocycles. The molecule has 0 aliphatic carbocycles. The van der Waals surface area contributed by atoms with Gasteiger partial charge in [-0.3, -0.25) is 0 Å². The molecule has 86 valence electrons. The highest BCUT2D eigenvalue weighted by molar-refractivity contribution is 5.79. The Morgan fingerprint density at radius 3 is 3.06 bits per heavy atom. The number of benzene rings is 1. The molecule has 0 unspecified atom stereocenters. The highest BCUT2D eigenvalue weighted by Crippen LogP contribution is 2.24. The van der Waals surface area contributed by atoms with Gasteiger partial charge in [0.15, 0.2) is 12.0 Å². The lowest BCUT2D eigenvalue weighted by atomic mass is 10.1. The van der Waals surface area contributed by atoms with E-state index in [1.165, 1.54) is 6.39 Å². The smallest absolute Gasteiger partial charge is 0.181 e. The number of nitrogens with one attached hydrogen (secondary N) is 1. The lowest BCUT2D eigenvalue weighted by Gasteiger charge is -1.97. The van der Waals surface area contributed by atoms with Crippen LogP contribution < -0.4 is 5.73 Å². The quantitative estimate of drug-likeness (QED) is 0.702. The number of aromatic amines is 1. The molecule has 0 saturated carbocycles. The number of aromatic nitrogens is 3. The van der Waals surface area contributed by atoms with Gasteiger partial charge in [0.1, 0.15) is 11.3 Å². The molecule has 5 nitrogen and oxygen atoms in total. The van der Waals surface area contributed by atoms with Gasteiger partial charge in [0.2, 0.25) is 0 Å². The predicted octanol–water partition coefficient (Wildman–Crippen LogP) is 1.99. The Labute approximate surface area is 97.7 Å². The standard InChI is InChI=1S/C12H12N4O/c1-7-12(16-11(5-13)15-7)8-2-3-9-10(4-8)17-6-14-9/h2-4,6H,5,13H2,1H3,(H,15,16). The zero-order valence-electron chi connectivity index (χ0n) is 9.40. The zero-order valence-corrected chi connectivity index (χ0v) is 9.40. The first-order valence-electron chi connectivity index (χ1n) is 5.37. The van der Waals surface area contributed by atoms with Crippen LogP contribution in [0.15, 0.2) is 29.0 Å². The summed E-state index contributed by atoms with van der Waals surface area (Å²) in [6.07, 6.45) is 1.44. The molecule has 0 saturated heterocycles. The monoisotopic (exact) mass is 228 g/mol. The maximum atomic E-state index is 5.56. The molecule has 2 heterocycles. The summed E-state index contributed by atoms with van der Waals surface area (Å²) in [6, 6.07) is 5.84. The van der Waals surface area contributed by atoms with Crippen LogP contribution in [0, 0.1) is 6.92 Å². The van der Waals surface area contributed by atoms with Crippen molar-refractivity contribution in [2.45, 2.75) is 13.5 Å². The number of fused-ring (bicyclic) bond motifs is 1. The Bertz CT molecular complexity index is 668. The van der Waals surface area contributed by atoms with Crippen molar-refractivity contribution in [3.63, 3.8) is 0 Å². The fourth-order valence-corrected chi connectivity index (χ4v) is 1.90. The third kappa shape index (κ3) is 1.60. The van der Waals surface area contributed by atoms with E-state index in [0.717, 1.165) is 33.9 Å². The molecule has 0 fully saturated rings. The molecule has 2 aromatic heterocycles. The molecule has 3 aromatic rings. The van der Waals surface area contributed by atoms with Crippen molar-refractivity contribution < 1.29 is 4.42 Å². The molecular formula is C12H12N4O. The summed E-state index contributed by atoms with van der Waals surface area (Å²) in [5.41, 5.74) is 10.1. The van der Waals surface area contributed by atoms with Gasteiger partial charge in [-0.1, -0.05) is 6.07 Å². The first-order chi connectivity index (χ1) is 8.28. The van der Waals surface area contributed by atoms with Crippen LogP contribution in [0.5, 0.6) is 0 Å². The fraction of sp³-hybridized carbons (Fsp3) is 0.167. The van der Waals surface area contributed by atoms with Crippen molar-refractivity contribution in [1.29, 1.82) is 0 Å². The summed E-state index contributed by atoms with van der Waals surface area (Å²) in [6.45, 7) is 2.39. The van der Waals surface area contributed by atoms with E-state index in [1.807, 2.05) is 25.1 Å². The van der Waals surface area contributed by atoms with Gasteiger partial charge in [-0.05, 0) is 19.1 Å². The Kier molecular flexibility index (Phi) is 2.19. The van der Waals surface area contributed by atoms with E-state index in [4.69, 9.17) is 10.2 Å². The van der Waals surface area contributed by atoms with Crippen LogP contribution in [0.3, 0.4) is 0 Å². The van der Waals surface area contributed by atoms with Gasteiger partial charge >= 0.3 is 0 Å². The number of rotatable bonds is 2. The summed E-state index contributed by atoms with van der Waals surface area (Å²) in [5, 5.41) is 0. The SMILES string of the molecule is Cc1[nH]c(CN)nc1-c1ccc2ncoc2c1. The number of nitrogens with two attached hydrogens (primary N) is 1. The van der Waals surface area contributed by atoms with Gasteiger partial charge in [-0.15, -0.1) is 0 Å². The van der Waals surface area contributed by atoms with Gasteiger partial charge in [-0.25, -0.2) is 9.97 Å². The summed E-state index contributed by atoms with van der Waals surface area (Å²) in [4.78, 5) is 11.7. The van der Waals surface area contributed by atoms with E-state index in [1.54, 1.807) is 0 Å². The van der Waals surface area contributed by atoms with Crippen LogP contribution in [0.25, 0.3) is 22.4 Å². The van der Waals surface area contributed by atoms with Crippen LogP contribution in [-0.4, -0.2) is 15.0 Å². The van der Waals surface area contributed by atoms with Crippen molar-refractivity contribution in [2.75, 3.05) is 0 Å². The molecule has 0 atom stereocenters. The number of aryl methyl sites for hydroxylation is 1. The molecule has 3 rings (SSSR count). The average Bonchev–Trinajstić information content (AvgIpc) is 2.93. The van der Waals surface area contributed by atoms with Crippen molar-refractivity contribution >= 4 is 11.1 Å². The lowest BCUT2D eigenvalue weighted by Crippen LogP contribution is -1.97. The Morgan fingerprint density at radius 2 is 2.29 bits per heavy atom. The van der Waals surface area contributed by atoms with Crippen molar-refractivity contribution in [2.24, 2.45) is 5.73 Å². The Balaban J connectivity index is 2.15. The third-order valence-electron chi connectivity index (χ3n) is 2.73. The molecule has 1 aromatic carbocycles. The molecule has 3 N–H and O–H groups in total. The van der Waals surface area contributed by atoms with Gasteiger partial charge in [0.05, 0.1) is 12.2 Å². The first kappa shape index (κ1) is 10.0. The van der Waals surface area contributed by atoms with Crippen molar-refractivity contribution in [3.05, 3.63) is 36.1 Å². The van der Waals surface area contributed by atoms with Crippen LogP contribution in [-0.2, 0) is 6.54 Å². The largest absolute Gasteiger partial charge is 0.443 e. The van der Waals surface area contributed by atoms with E-state index >= 15 is 0 Å². The number of nitrogens with zero attached hydrogens (tertiary/aromatic N) is 2. The van der Waals surface area contributed by atoms with E-state index < -0.39 is 0 Å². The number of hydrogen-bond acceptors (Lipinski definition) is 4. The minimum Gasteiger partial charge on any atom is -0.443 e. The van der Waals surface area contributed by atoms with Crippen LogP contribution in [0.2, 0.25) is 0 Å². The maximum Gasteiger partial charge on any atom is 0.181 e. The minimum atomic E-state index is 0.408. The normalized spacial score (nSPS) is 11.2. The van der Waals surface area contributed by atoms with Gasteiger partial charge in [0, 0.05) is 11.3 Å². The number of hydrogen-bond donors (Lipinski definition) is 2. The van der Waals surface area contributed by atoms with Gasteiger partial charge < -0.3 is 15.1 Å². The Morgan fingerprint density at radius 1 is 1.41 bits per heavy atom. The van der Waals surface area contributed by atoms with E-state index in [0.29, 0.717) is 6.54 Å². The molecule has 0 spiro atoms. The van der Waals surface area contributed by atoms with Crippen LogP contribution in [0.1, 0.15) is 11.5 Å². The zero-order chi connectivity index (χ0) is 11.8. The highest BCUT2D eigenvalue weighted by Gasteiger charge is 2.09. The van der Waals surface area contributed by atoms with Crippen LogP contribution >= 0.6 is 0 Å². The second-order valence-corrected chi connectivity index (χ2v) is 3.90. The predicted molar refractivity (Wildman–Crippen MR) is 64.2 cm³/mol. The molecule has 0 amide bonds. The van der Waals surface area contributed by atoms with Gasteiger partial charge in [0.25, 0.3) is 0 Å². The average molecular weight is 228 g/mol. The highest BCUT2D eigenvalue weighted by atomic mass is 16.3. The molecule has 0 aliphatic rings.